The van der Waals surface area contributed by atoms with Crippen molar-refractivity contribution in [3.05, 3.63) is 29.4 Å². The molecule has 3 rings (SSSR count). The second-order valence-electron chi connectivity index (χ2n) is 4.50. The number of nitrogens with one attached hydrogen (secondary N) is 1. The summed E-state index contributed by atoms with van der Waals surface area (Å²) in [7, 11) is -1.47. The smallest absolute Gasteiger partial charge is 0.175 e. The van der Waals surface area contributed by atoms with Crippen molar-refractivity contribution in [2.75, 3.05) is 6.26 Å². The number of imidazole rings is 1. The van der Waals surface area contributed by atoms with E-state index >= 15 is 0 Å². The maximum atomic E-state index is 11.5. The van der Waals surface area contributed by atoms with E-state index in [-0.39, 0.29) is 4.90 Å². The van der Waals surface area contributed by atoms with E-state index in [9.17, 15) is 8.42 Å². The van der Waals surface area contributed by atoms with E-state index in [1.807, 2.05) is 0 Å². The molecule has 0 spiro atoms. The maximum Gasteiger partial charge on any atom is 0.175 e. The zero-order valence-corrected chi connectivity index (χ0v) is 12.3. The maximum absolute atomic E-state index is 11.5. The van der Waals surface area contributed by atoms with Gasteiger partial charge in [-0.05, 0) is 18.2 Å². The first-order valence-corrected chi connectivity index (χ1v) is 8.01. The van der Waals surface area contributed by atoms with Crippen molar-refractivity contribution in [3.63, 3.8) is 0 Å². The van der Waals surface area contributed by atoms with Crippen molar-refractivity contribution in [1.29, 1.82) is 0 Å². The summed E-state index contributed by atoms with van der Waals surface area (Å²) in [5.41, 5.74) is 2.16. The molecule has 2 aromatic heterocycles. The van der Waals surface area contributed by atoms with Gasteiger partial charge in [0.15, 0.2) is 15.5 Å². The normalized spacial score (nSPS) is 12.2. The fourth-order valence-electron chi connectivity index (χ4n) is 1.96. The molecule has 0 aliphatic heterocycles. The second-order valence-corrected chi connectivity index (χ2v) is 6.92. The Balaban J connectivity index is 2.14. The van der Waals surface area contributed by atoms with Crippen LogP contribution in [0, 0.1) is 0 Å². The summed E-state index contributed by atoms with van der Waals surface area (Å²) in [6.07, 6.45) is 2.79. The third-order valence-electron chi connectivity index (χ3n) is 3.01. The second kappa shape index (κ2) is 4.32. The van der Waals surface area contributed by atoms with E-state index in [4.69, 9.17) is 11.6 Å². The summed E-state index contributed by atoms with van der Waals surface area (Å²) in [5.74, 6) is 0.582. The molecule has 1 N–H and O–H groups in total. The summed E-state index contributed by atoms with van der Waals surface area (Å²) in [5, 5.41) is 4.40. The summed E-state index contributed by atoms with van der Waals surface area (Å²) in [6, 6.07) is 4.59. The number of aromatic amines is 1. The molecule has 8 heteroatoms. The van der Waals surface area contributed by atoms with Gasteiger partial charge in [0.05, 0.1) is 16.1 Å². The van der Waals surface area contributed by atoms with Gasteiger partial charge in [0.2, 0.25) is 0 Å². The van der Waals surface area contributed by atoms with E-state index in [1.165, 1.54) is 12.1 Å². The first-order valence-electron chi connectivity index (χ1n) is 5.74. The molecular formula is C12H11ClN4O2S. The van der Waals surface area contributed by atoms with Gasteiger partial charge >= 0.3 is 0 Å². The molecule has 0 saturated heterocycles. The predicted octanol–water partition coefficient (Wildman–Crippen LogP) is 2.02. The van der Waals surface area contributed by atoms with E-state index in [1.54, 1.807) is 24.0 Å². The number of H-pyrrole nitrogens is 1. The molecule has 6 nitrogen and oxygen atoms in total. The van der Waals surface area contributed by atoms with Crippen LogP contribution in [0.1, 0.15) is 0 Å². The van der Waals surface area contributed by atoms with Gasteiger partial charge in [0.1, 0.15) is 11.3 Å². The van der Waals surface area contributed by atoms with Gasteiger partial charge in [0, 0.05) is 18.9 Å². The molecule has 0 atom stereocenters. The molecule has 0 aliphatic carbocycles. The molecule has 1 aromatic carbocycles. The largest absolute Gasteiger partial charge is 0.323 e. The zero-order valence-electron chi connectivity index (χ0n) is 10.8. The van der Waals surface area contributed by atoms with Gasteiger partial charge in [-0.1, -0.05) is 11.6 Å². The van der Waals surface area contributed by atoms with E-state index < -0.39 is 9.84 Å². The van der Waals surface area contributed by atoms with Crippen LogP contribution in [-0.2, 0) is 16.9 Å². The van der Waals surface area contributed by atoms with Crippen molar-refractivity contribution >= 4 is 32.6 Å². The average molecular weight is 311 g/mol. The number of aromatic nitrogens is 4. The van der Waals surface area contributed by atoms with Crippen LogP contribution in [0.3, 0.4) is 0 Å². The quantitative estimate of drug-likeness (QED) is 0.785. The summed E-state index contributed by atoms with van der Waals surface area (Å²) in [6.45, 7) is 0. The highest BCUT2D eigenvalue weighted by atomic mass is 35.5. The predicted molar refractivity (Wildman–Crippen MR) is 76.4 cm³/mol. The Morgan fingerprint density at radius 3 is 2.70 bits per heavy atom. The number of aryl methyl sites for hydroxylation is 1. The molecule has 0 saturated carbocycles. The summed E-state index contributed by atoms with van der Waals surface area (Å²) < 4.78 is 24.6. The van der Waals surface area contributed by atoms with Crippen molar-refractivity contribution in [2.45, 2.75) is 4.90 Å². The number of hydrogen-bond acceptors (Lipinski definition) is 4. The molecule has 20 heavy (non-hydrogen) atoms. The van der Waals surface area contributed by atoms with Crippen LogP contribution in [0.15, 0.2) is 29.3 Å². The molecule has 0 bridgehead atoms. The van der Waals surface area contributed by atoms with Crippen molar-refractivity contribution < 1.29 is 8.42 Å². The van der Waals surface area contributed by atoms with Crippen LogP contribution in [0.4, 0.5) is 0 Å². The van der Waals surface area contributed by atoms with Gasteiger partial charge < -0.3 is 4.98 Å². The fraction of sp³-hybridized carbons (Fsp3) is 0.167. The third-order valence-corrected chi connectivity index (χ3v) is 4.44. The topological polar surface area (TPSA) is 80.6 Å². The number of rotatable bonds is 2. The van der Waals surface area contributed by atoms with Crippen molar-refractivity contribution in [1.82, 2.24) is 19.7 Å². The SMILES string of the molecule is Cn1ncc2nc(-c3ccc(S(C)(=O)=O)cc3Cl)[nH]c21. The van der Waals surface area contributed by atoms with Crippen LogP contribution in [0.25, 0.3) is 22.6 Å². The van der Waals surface area contributed by atoms with Gasteiger partial charge in [-0.2, -0.15) is 5.10 Å². The lowest BCUT2D eigenvalue weighted by molar-refractivity contribution is 0.602. The molecule has 3 aromatic rings. The molecule has 0 amide bonds. The minimum atomic E-state index is -3.27. The van der Waals surface area contributed by atoms with Crippen LogP contribution < -0.4 is 0 Å². The number of sulfone groups is 1. The van der Waals surface area contributed by atoms with Gasteiger partial charge in [-0.25, -0.2) is 13.4 Å². The Hall–Kier alpha value is -1.86. The molecule has 0 unspecified atom stereocenters. The Morgan fingerprint density at radius 1 is 1.35 bits per heavy atom. The van der Waals surface area contributed by atoms with Gasteiger partial charge in [-0.3, -0.25) is 4.68 Å². The highest BCUT2D eigenvalue weighted by Gasteiger charge is 2.14. The number of benzene rings is 1. The van der Waals surface area contributed by atoms with Crippen LogP contribution in [0.2, 0.25) is 5.02 Å². The van der Waals surface area contributed by atoms with Crippen LogP contribution >= 0.6 is 11.6 Å². The Morgan fingerprint density at radius 2 is 2.10 bits per heavy atom. The molecule has 2 heterocycles. The monoisotopic (exact) mass is 310 g/mol. The van der Waals surface area contributed by atoms with Gasteiger partial charge in [-0.15, -0.1) is 0 Å². The van der Waals surface area contributed by atoms with Crippen molar-refractivity contribution in [3.8, 4) is 11.4 Å². The van der Waals surface area contributed by atoms with E-state index in [0.29, 0.717) is 16.4 Å². The Kier molecular flexibility index (Phi) is 2.84. The molecular weight excluding hydrogens is 300 g/mol. The number of nitrogens with zero attached hydrogens (tertiary/aromatic N) is 3. The summed E-state index contributed by atoms with van der Waals surface area (Å²) in [4.78, 5) is 7.68. The molecule has 0 aliphatic rings. The Bertz CT molecular complexity index is 911. The minimum absolute atomic E-state index is 0.184. The first-order chi connectivity index (χ1) is 9.36. The number of hydrogen-bond donors (Lipinski definition) is 1. The summed E-state index contributed by atoms with van der Waals surface area (Å²) >= 11 is 6.16. The molecule has 104 valence electrons. The number of halogens is 1. The van der Waals surface area contributed by atoms with Crippen molar-refractivity contribution in [2.24, 2.45) is 7.05 Å². The molecule has 0 fully saturated rings. The Labute approximate surface area is 120 Å². The van der Waals surface area contributed by atoms with Crippen LogP contribution in [-0.4, -0.2) is 34.4 Å². The lowest BCUT2D eigenvalue weighted by Gasteiger charge is -2.03. The first kappa shape index (κ1) is 13.1. The van der Waals surface area contributed by atoms with E-state index in [0.717, 1.165) is 17.4 Å². The van der Waals surface area contributed by atoms with Crippen LogP contribution in [0.5, 0.6) is 0 Å². The van der Waals surface area contributed by atoms with E-state index in [2.05, 4.69) is 15.1 Å². The zero-order chi connectivity index (χ0) is 14.5. The highest BCUT2D eigenvalue weighted by Crippen LogP contribution is 2.29. The number of fused-ring (bicyclic) bond motifs is 1. The fourth-order valence-corrected chi connectivity index (χ4v) is 2.94. The lowest BCUT2D eigenvalue weighted by atomic mass is 10.2. The average Bonchev–Trinajstić information content (AvgIpc) is 2.91. The third kappa shape index (κ3) is 2.08. The highest BCUT2D eigenvalue weighted by molar-refractivity contribution is 7.90. The lowest BCUT2D eigenvalue weighted by Crippen LogP contribution is -1.97. The standard InChI is InChI=1S/C12H11ClN4O2S/c1-17-12-10(6-14-17)15-11(16-12)8-4-3-7(5-9(8)13)20(2,18)19/h3-6H,1-2H3,(H,15,16). The van der Waals surface area contributed by atoms with Gasteiger partial charge in [0.25, 0.3) is 0 Å². The molecule has 0 radical (unpaired) electrons. The minimum Gasteiger partial charge on any atom is -0.323 e.